The highest BCUT2D eigenvalue weighted by Crippen LogP contribution is 2.13. The third-order valence-corrected chi connectivity index (χ3v) is 6.44. The van der Waals surface area contributed by atoms with Crippen molar-refractivity contribution in [3.63, 3.8) is 0 Å². The summed E-state index contributed by atoms with van der Waals surface area (Å²) in [7, 11) is 0. The van der Waals surface area contributed by atoms with Crippen LogP contribution in [0, 0.1) is 0 Å². The molecule has 0 atom stereocenters. The molecular weight excluding hydrogens is 420 g/mol. The summed E-state index contributed by atoms with van der Waals surface area (Å²) in [5.74, 6) is 0. The Hall–Kier alpha value is -0.240. The van der Waals surface area contributed by atoms with Crippen molar-refractivity contribution in [1.29, 1.82) is 0 Å². The third-order valence-electron chi connectivity index (χ3n) is 6.44. The molecule has 0 radical (unpaired) electrons. The van der Waals surface area contributed by atoms with Crippen molar-refractivity contribution >= 4 is 0 Å². The molecule has 0 unspecified atom stereocenters. The van der Waals surface area contributed by atoms with Crippen LogP contribution in [0.1, 0.15) is 110 Å². The molecule has 0 bridgehead atoms. The largest absolute Gasteiger partial charge is 0.329 e. The number of hydrogen-bond acceptors (Lipinski definition) is 6. The van der Waals surface area contributed by atoms with Crippen LogP contribution in [0.4, 0.5) is 0 Å². The lowest BCUT2D eigenvalue weighted by molar-refractivity contribution is 0.522. The quantitative estimate of drug-likeness (QED) is 0.0829. The Morgan fingerprint density at radius 3 is 0.912 bits per heavy atom. The second kappa shape index (κ2) is 32.8. The zero-order valence-corrected chi connectivity index (χ0v) is 23.2. The first-order chi connectivity index (χ1) is 16.9. The molecule has 7 N–H and O–H groups in total. The van der Waals surface area contributed by atoms with Gasteiger partial charge in [-0.2, -0.15) is 0 Å². The molecule has 0 aromatic carbocycles. The van der Waals surface area contributed by atoms with Crippen molar-refractivity contribution in [2.45, 2.75) is 110 Å². The van der Waals surface area contributed by atoms with Crippen LogP contribution in [-0.4, -0.2) is 72.0 Å². The summed E-state index contributed by atoms with van der Waals surface area (Å²) in [5, 5.41) is 17.2. The first kappa shape index (κ1) is 33.8. The molecular formula is C28H64N6. The Bertz CT molecular complexity index is 311. The summed E-state index contributed by atoms with van der Waals surface area (Å²) in [6.45, 7) is 13.3. The van der Waals surface area contributed by atoms with E-state index in [1.165, 1.54) is 109 Å². The average molecular weight is 485 g/mol. The van der Waals surface area contributed by atoms with Gasteiger partial charge in [0.1, 0.15) is 0 Å². The molecule has 0 aliphatic carbocycles. The zero-order valence-electron chi connectivity index (χ0n) is 23.2. The number of nitrogens with one attached hydrogen (secondary N) is 5. The van der Waals surface area contributed by atoms with Crippen LogP contribution in [0.25, 0.3) is 0 Å². The van der Waals surface area contributed by atoms with E-state index in [2.05, 4.69) is 33.5 Å². The van der Waals surface area contributed by atoms with E-state index in [0.717, 1.165) is 58.9 Å². The zero-order chi connectivity index (χ0) is 24.6. The van der Waals surface area contributed by atoms with Crippen molar-refractivity contribution in [3.05, 3.63) is 0 Å². The van der Waals surface area contributed by atoms with Gasteiger partial charge >= 0.3 is 0 Å². The number of nitrogens with two attached hydrogens (primary N) is 1. The van der Waals surface area contributed by atoms with Gasteiger partial charge in [-0.25, -0.2) is 0 Å². The topological polar surface area (TPSA) is 86.2 Å². The maximum atomic E-state index is 5.44. The van der Waals surface area contributed by atoms with Crippen LogP contribution in [0.15, 0.2) is 0 Å². The molecule has 0 aromatic rings. The summed E-state index contributed by atoms with van der Waals surface area (Å²) in [6.07, 6.45) is 23.0. The minimum Gasteiger partial charge on any atom is -0.329 e. The van der Waals surface area contributed by atoms with Crippen LogP contribution < -0.4 is 32.3 Å². The minimum absolute atomic E-state index is 0.712. The first-order valence-electron chi connectivity index (χ1n) is 15.2. The normalized spacial score (nSPS) is 11.5. The maximum Gasteiger partial charge on any atom is 0.00772 e. The van der Waals surface area contributed by atoms with E-state index in [1.807, 2.05) is 0 Å². The molecule has 0 heterocycles. The number of rotatable bonds is 31. The lowest BCUT2D eigenvalue weighted by Gasteiger charge is -2.09. The van der Waals surface area contributed by atoms with Crippen molar-refractivity contribution < 1.29 is 0 Å². The molecule has 0 saturated carbocycles. The van der Waals surface area contributed by atoms with E-state index in [9.17, 15) is 0 Å². The standard InChI is InChI=1S/C28H64N6/c1-2-3-4-5-6-7-8-9-10-11-12-13-14-15-16-17-19-30-21-23-32-25-27-34-28-26-33-24-22-31-20-18-29/h30-34H,2-29H2,1H3. The fraction of sp³-hybridized carbons (Fsp3) is 1.00. The van der Waals surface area contributed by atoms with Gasteiger partial charge in [0.2, 0.25) is 0 Å². The van der Waals surface area contributed by atoms with Crippen LogP contribution in [-0.2, 0) is 0 Å². The maximum absolute atomic E-state index is 5.44. The van der Waals surface area contributed by atoms with Crippen LogP contribution in [0.5, 0.6) is 0 Å². The molecule has 0 aromatic heterocycles. The smallest absolute Gasteiger partial charge is 0.00772 e. The minimum atomic E-state index is 0.712. The summed E-state index contributed by atoms with van der Waals surface area (Å²) >= 11 is 0. The highest BCUT2D eigenvalue weighted by atomic mass is 15.0. The SMILES string of the molecule is CCCCCCCCCCCCCCCCCCNCCNCCNCCNCCNCCN. The van der Waals surface area contributed by atoms with E-state index < -0.39 is 0 Å². The van der Waals surface area contributed by atoms with Crippen LogP contribution in [0.2, 0.25) is 0 Å². The van der Waals surface area contributed by atoms with Gasteiger partial charge in [-0.3, -0.25) is 0 Å². The molecule has 6 nitrogen and oxygen atoms in total. The lowest BCUT2D eigenvalue weighted by Crippen LogP contribution is -2.37. The van der Waals surface area contributed by atoms with Gasteiger partial charge in [0.05, 0.1) is 0 Å². The van der Waals surface area contributed by atoms with Gasteiger partial charge in [0.25, 0.3) is 0 Å². The van der Waals surface area contributed by atoms with E-state index in [-0.39, 0.29) is 0 Å². The van der Waals surface area contributed by atoms with Crippen molar-refractivity contribution in [3.8, 4) is 0 Å². The van der Waals surface area contributed by atoms with Gasteiger partial charge in [-0.15, -0.1) is 0 Å². The van der Waals surface area contributed by atoms with Crippen LogP contribution in [0.3, 0.4) is 0 Å². The average Bonchev–Trinajstić information content (AvgIpc) is 2.85. The number of hydrogen-bond donors (Lipinski definition) is 6. The Labute approximate surface area is 214 Å². The van der Waals surface area contributed by atoms with Crippen molar-refractivity contribution in [2.75, 3.05) is 72.0 Å². The van der Waals surface area contributed by atoms with Crippen molar-refractivity contribution in [2.24, 2.45) is 5.73 Å². The Kier molecular flexibility index (Phi) is 32.5. The summed E-state index contributed by atoms with van der Waals surface area (Å²) < 4.78 is 0. The second-order valence-electron chi connectivity index (χ2n) is 9.84. The molecule has 0 amide bonds. The molecule has 34 heavy (non-hydrogen) atoms. The molecule has 0 rings (SSSR count). The van der Waals surface area contributed by atoms with E-state index in [0.29, 0.717) is 6.54 Å². The van der Waals surface area contributed by atoms with E-state index >= 15 is 0 Å². The molecule has 0 spiro atoms. The Morgan fingerprint density at radius 1 is 0.324 bits per heavy atom. The van der Waals surface area contributed by atoms with Gasteiger partial charge in [0.15, 0.2) is 0 Å². The third kappa shape index (κ3) is 31.8. The van der Waals surface area contributed by atoms with Crippen molar-refractivity contribution in [1.82, 2.24) is 26.6 Å². The number of unbranched alkanes of at least 4 members (excludes halogenated alkanes) is 15. The molecule has 0 fully saturated rings. The van der Waals surface area contributed by atoms with Gasteiger partial charge in [-0.1, -0.05) is 103 Å². The fourth-order valence-electron chi connectivity index (χ4n) is 4.23. The molecule has 6 heteroatoms. The molecule has 0 aliphatic rings. The van der Waals surface area contributed by atoms with E-state index in [4.69, 9.17) is 5.73 Å². The van der Waals surface area contributed by atoms with E-state index in [1.54, 1.807) is 0 Å². The predicted octanol–water partition coefficient (Wildman–Crippen LogP) is 4.15. The van der Waals surface area contributed by atoms with Crippen LogP contribution >= 0.6 is 0 Å². The Balaban J connectivity index is 2.99. The summed E-state index contributed by atoms with van der Waals surface area (Å²) in [5.41, 5.74) is 5.44. The molecule has 0 aliphatic heterocycles. The lowest BCUT2D eigenvalue weighted by atomic mass is 10.0. The summed E-state index contributed by atoms with van der Waals surface area (Å²) in [4.78, 5) is 0. The van der Waals surface area contributed by atoms with Gasteiger partial charge < -0.3 is 32.3 Å². The Morgan fingerprint density at radius 2 is 0.588 bits per heavy atom. The fourth-order valence-corrected chi connectivity index (χ4v) is 4.23. The molecule has 206 valence electrons. The molecule has 0 saturated heterocycles. The highest BCUT2D eigenvalue weighted by Gasteiger charge is 1.95. The predicted molar refractivity (Wildman–Crippen MR) is 153 cm³/mol. The second-order valence-corrected chi connectivity index (χ2v) is 9.84. The monoisotopic (exact) mass is 485 g/mol. The van der Waals surface area contributed by atoms with Gasteiger partial charge in [0, 0.05) is 65.4 Å². The van der Waals surface area contributed by atoms with Gasteiger partial charge in [-0.05, 0) is 13.0 Å². The highest BCUT2D eigenvalue weighted by molar-refractivity contribution is 4.58. The first-order valence-corrected chi connectivity index (χ1v) is 15.2. The summed E-state index contributed by atoms with van der Waals surface area (Å²) in [6, 6.07) is 0.